The quantitative estimate of drug-likeness (QED) is 0.454. The lowest BCUT2D eigenvalue weighted by Gasteiger charge is -2.23. The Kier molecular flexibility index (Phi) is 5.46. The molecule has 12 nitrogen and oxygen atoms in total. The Balaban J connectivity index is 1.93. The Morgan fingerprint density at radius 2 is 2.07 bits per heavy atom. The van der Waals surface area contributed by atoms with Crippen molar-refractivity contribution in [3.63, 3.8) is 0 Å². The van der Waals surface area contributed by atoms with Crippen molar-refractivity contribution in [3.8, 4) is 0 Å². The molecular weight excluding hydrogens is 400 g/mol. The Morgan fingerprint density at radius 1 is 1.37 bits per heavy atom. The van der Waals surface area contributed by atoms with Crippen LogP contribution in [-0.2, 0) is 18.3 Å². The number of imidazole rings is 1. The van der Waals surface area contributed by atoms with E-state index in [2.05, 4.69) is 21.3 Å². The summed E-state index contributed by atoms with van der Waals surface area (Å²) in [6.07, 6.45) is 1.58. The number of ether oxygens (including phenoxy) is 1. The molecular formula is C13H21N5O7P2. The standard InChI is InChI=1S/C13H21N5O7P2/c1-26(2,20)23-4-7-10(25-27(3,21)22)9(19)13(24-7)18-6-17-8-11(14)15-5-16-12(8)18/h5-7,9-10,13,19-20H,1,4H2,2-3H3,(H,21,22)(H2,14,15,16). The summed E-state index contributed by atoms with van der Waals surface area (Å²) in [5.74, 6) is 0.158. The second kappa shape index (κ2) is 7.23. The third-order valence-corrected chi connectivity index (χ3v) is 5.14. The van der Waals surface area contributed by atoms with Crippen molar-refractivity contribution in [2.45, 2.75) is 24.5 Å². The summed E-state index contributed by atoms with van der Waals surface area (Å²) in [6, 6.07) is 0. The van der Waals surface area contributed by atoms with Crippen LogP contribution in [0.1, 0.15) is 6.23 Å². The van der Waals surface area contributed by atoms with Crippen LogP contribution in [0.3, 0.4) is 0 Å². The van der Waals surface area contributed by atoms with E-state index in [9.17, 15) is 19.5 Å². The van der Waals surface area contributed by atoms with E-state index < -0.39 is 39.5 Å². The molecule has 0 radical (unpaired) electrons. The molecule has 2 aromatic rings. The number of nitrogens with two attached hydrogens (primary N) is 1. The lowest BCUT2D eigenvalue weighted by atomic mass is 10.1. The number of rotatable bonds is 6. The van der Waals surface area contributed by atoms with Gasteiger partial charge < -0.3 is 29.9 Å². The normalized spacial score (nSPS) is 30.3. The van der Waals surface area contributed by atoms with Gasteiger partial charge in [0.05, 0.1) is 12.9 Å². The van der Waals surface area contributed by atoms with Crippen molar-refractivity contribution in [2.75, 3.05) is 25.7 Å². The largest absolute Gasteiger partial charge is 0.386 e. The molecule has 5 N–H and O–H groups in total. The van der Waals surface area contributed by atoms with Gasteiger partial charge in [-0.2, -0.15) is 0 Å². The van der Waals surface area contributed by atoms with Crippen molar-refractivity contribution >= 4 is 38.2 Å². The van der Waals surface area contributed by atoms with Gasteiger partial charge >= 0.3 is 7.60 Å². The SMILES string of the molecule is C=P(C)(O)OCC1OC(n2cnc3c(N)ncnc32)C(O)C1OP(C)(=O)O. The van der Waals surface area contributed by atoms with Gasteiger partial charge in [0.2, 0.25) is 0 Å². The van der Waals surface area contributed by atoms with Crippen molar-refractivity contribution in [1.82, 2.24) is 19.5 Å². The number of hydrogen-bond acceptors (Lipinski definition) is 10. The first-order chi connectivity index (χ1) is 12.5. The molecule has 6 unspecified atom stereocenters. The minimum absolute atomic E-state index is 0.158. The molecule has 27 heavy (non-hydrogen) atoms. The lowest BCUT2D eigenvalue weighted by molar-refractivity contribution is -0.0469. The van der Waals surface area contributed by atoms with Crippen LogP contribution < -0.4 is 5.73 Å². The van der Waals surface area contributed by atoms with E-state index in [1.54, 1.807) is 0 Å². The molecule has 0 bridgehead atoms. The molecule has 150 valence electrons. The van der Waals surface area contributed by atoms with Crippen LogP contribution in [0.4, 0.5) is 5.82 Å². The summed E-state index contributed by atoms with van der Waals surface area (Å²) in [6.45, 7) is 2.22. The first-order valence-electron chi connectivity index (χ1n) is 7.79. The zero-order valence-electron chi connectivity index (χ0n) is 14.6. The molecule has 2 aromatic heterocycles. The number of nitrogens with zero attached hydrogens (tertiary/aromatic N) is 4. The third kappa shape index (κ3) is 4.56. The number of aliphatic hydroxyl groups is 1. The van der Waals surface area contributed by atoms with Gasteiger partial charge in [-0.15, -0.1) is 0 Å². The van der Waals surface area contributed by atoms with Crippen LogP contribution in [-0.4, -0.2) is 79.0 Å². The van der Waals surface area contributed by atoms with Gasteiger partial charge in [0.25, 0.3) is 0 Å². The maximum absolute atomic E-state index is 11.7. The molecule has 14 heteroatoms. The van der Waals surface area contributed by atoms with E-state index >= 15 is 0 Å². The van der Waals surface area contributed by atoms with E-state index in [1.165, 1.54) is 23.9 Å². The first-order valence-corrected chi connectivity index (χ1v) is 12.1. The smallest absolute Gasteiger partial charge is 0.325 e. The Hall–Kier alpha value is -1.36. The number of nitrogen functional groups attached to an aromatic ring is 1. The van der Waals surface area contributed by atoms with Crippen LogP contribution >= 0.6 is 14.9 Å². The van der Waals surface area contributed by atoms with Crippen LogP contribution in [0.5, 0.6) is 0 Å². The summed E-state index contributed by atoms with van der Waals surface area (Å²) in [4.78, 5) is 31.4. The fraction of sp³-hybridized carbons (Fsp3) is 0.538. The van der Waals surface area contributed by atoms with Gasteiger partial charge in [-0.1, -0.05) is 6.30 Å². The predicted octanol–water partition coefficient (Wildman–Crippen LogP) is -0.215. The number of anilines is 1. The summed E-state index contributed by atoms with van der Waals surface area (Å²) in [5, 5.41) is 10.7. The summed E-state index contributed by atoms with van der Waals surface area (Å²) in [7, 11) is -6.79. The second-order valence-corrected chi connectivity index (χ2v) is 10.5. The molecule has 1 aliphatic heterocycles. The highest BCUT2D eigenvalue weighted by molar-refractivity contribution is 7.62. The van der Waals surface area contributed by atoms with Crippen LogP contribution in [0, 0.1) is 0 Å². The van der Waals surface area contributed by atoms with Crippen molar-refractivity contribution in [1.29, 1.82) is 0 Å². The second-order valence-electron chi connectivity index (χ2n) is 6.36. The average molecular weight is 421 g/mol. The van der Waals surface area contributed by atoms with Gasteiger partial charge in [0.1, 0.15) is 37.5 Å². The van der Waals surface area contributed by atoms with Gasteiger partial charge in [-0.05, 0) is 0 Å². The molecule has 0 aromatic carbocycles. The third-order valence-electron chi connectivity index (χ3n) is 3.80. The van der Waals surface area contributed by atoms with Crippen LogP contribution in [0.15, 0.2) is 12.7 Å². The van der Waals surface area contributed by atoms with E-state index in [0.29, 0.717) is 11.2 Å². The zero-order valence-corrected chi connectivity index (χ0v) is 16.4. The summed E-state index contributed by atoms with van der Waals surface area (Å²) >= 11 is 0. The van der Waals surface area contributed by atoms with E-state index in [-0.39, 0.29) is 12.4 Å². The summed E-state index contributed by atoms with van der Waals surface area (Å²) < 4.78 is 29.3. The first kappa shape index (κ1) is 20.4. The average Bonchev–Trinajstić information content (AvgIpc) is 3.07. The van der Waals surface area contributed by atoms with E-state index in [0.717, 1.165) is 6.66 Å². The molecule has 1 aliphatic rings. The van der Waals surface area contributed by atoms with E-state index in [4.69, 9.17) is 19.5 Å². The van der Waals surface area contributed by atoms with Crippen molar-refractivity contribution in [3.05, 3.63) is 12.7 Å². The molecule has 0 saturated carbocycles. The Morgan fingerprint density at radius 3 is 2.70 bits per heavy atom. The molecule has 1 fully saturated rings. The Labute approximate surface area is 154 Å². The minimum atomic E-state index is -3.95. The molecule has 6 atom stereocenters. The molecule has 3 rings (SSSR count). The fourth-order valence-corrected chi connectivity index (χ4v) is 3.91. The number of fused-ring (bicyclic) bond motifs is 1. The fourth-order valence-electron chi connectivity index (χ4n) is 2.73. The number of hydrogen-bond donors (Lipinski definition) is 4. The van der Waals surface area contributed by atoms with Crippen molar-refractivity contribution in [2.24, 2.45) is 0 Å². The van der Waals surface area contributed by atoms with E-state index in [1.807, 2.05) is 0 Å². The molecule has 0 spiro atoms. The minimum Gasteiger partial charge on any atom is -0.386 e. The van der Waals surface area contributed by atoms with Gasteiger partial charge in [-0.25, -0.2) is 15.0 Å². The highest BCUT2D eigenvalue weighted by Gasteiger charge is 2.48. The molecule has 0 amide bonds. The highest BCUT2D eigenvalue weighted by Crippen LogP contribution is 2.46. The molecule has 0 aliphatic carbocycles. The summed E-state index contributed by atoms with van der Waals surface area (Å²) in [5.41, 5.74) is 6.39. The number of aromatic nitrogens is 4. The van der Waals surface area contributed by atoms with Crippen molar-refractivity contribution < 1.29 is 33.2 Å². The monoisotopic (exact) mass is 421 g/mol. The molecule has 3 heterocycles. The lowest BCUT2D eigenvalue weighted by Crippen LogP contribution is -2.35. The predicted molar refractivity (Wildman–Crippen MR) is 98.4 cm³/mol. The van der Waals surface area contributed by atoms with Gasteiger partial charge in [-0.3, -0.25) is 13.7 Å². The van der Waals surface area contributed by atoms with Gasteiger partial charge in [0, 0.05) is 13.3 Å². The van der Waals surface area contributed by atoms with Crippen LogP contribution in [0.25, 0.3) is 11.2 Å². The zero-order chi connectivity index (χ0) is 20.0. The van der Waals surface area contributed by atoms with Crippen LogP contribution in [0.2, 0.25) is 0 Å². The Bertz CT molecular complexity index is 925. The molecule has 1 saturated heterocycles. The number of aliphatic hydroxyl groups excluding tert-OH is 1. The topological polar surface area (TPSA) is 175 Å². The highest BCUT2D eigenvalue weighted by atomic mass is 31.2. The maximum Gasteiger partial charge on any atom is 0.325 e. The maximum atomic E-state index is 11.7. The van der Waals surface area contributed by atoms with Gasteiger partial charge in [0.15, 0.2) is 17.7 Å².